The molecule has 20 heavy (non-hydrogen) atoms. The van der Waals surface area contributed by atoms with Crippen LogP contribution in [-0.4, -0.2) is 18.5 Å². The lowest BCUT2D eigenvalue weighted by molar-refractivity contribution is -0.137. The summed E-state index contributed by atoms with van der Waals surface area (Å²) in [6, 6.07) is 3.77. The molecule has 1 aromatic rings. The molecule has 1 amide bonds. The van der Waals surface area contributed by atoms with Gasteiger partial charge >= 0.3 is 6.18 Å². The summed E-state index contributed by atoms with van der Waals surface area (Å²) >= 11 is 5.58. The van der Waals surface area contributed by atoms with Gasteiger partial charge in [-0.15, -0.1) is 0 Å². The Balaban J connectivity index is 1.93. The molecule has 2 rings (SSSR count). The quantitative estimate of drug-likeness (QED) is 0.875. The molecular weight excluding hydrogens is 293 g/mol. The molecule has 110 valence electrons. The number of benzene rings is 1. The zero-order valence-electron chi connectivity index (χ0n) is 10.6. The number of halogens is 4. The first-order valence-corrected chi connectivity index (χ1v) is 6.64. The number of carbonyl (C=O) groups excluding carboxylic acids is 1. The molecule has 1 fully saturated rings. The van der Waals surface area contributed by atoms with Gasteiger partial charge in [-0.25, -0.2) is 0 Å². The fourth-order valence-corrected chi connectivity index (χ4v) is 1.92. The van der Waals surface area contributed by atoms with E-state index in [-0.39, 0.29) is 35.6 Å². The van der Waals surface area contributed by atoms with E-state index >= 15 is 0 Å². The van der Waals surface area contributed by atoms with Gasteiger partial charge in [0.05, 0.1) is 5.56 Å². The molecule has 0 saturated heterocycles. The highest BCUT2D eigenvalue weighted by atomic mass is 35.5. The van der Waals surface area contributed by atoms with Crippen LogP contribution in [0.4, 0.5) is 18.9 Å². The second-order valence-electron chi connectivity index (χ2n) is 4.71. The zero-order valence-corrected chi connectivity index (χ0v) is 11.3. The van der Waals surface area contributed by atoms with E-state index in [4.69, 9.17) is 11.6 Å². The Morgan fingerprint density at radius 3 is 2.65 bits per heavy atom. The smallest absolute Gasteiger partial charge is 0.384 e. The van der Waals surface area contributed by atoms with E-state index in [9.17, 15) is 18.0 Å². The lowest BCUT2D eigenvalue weighted by Gasteiger charge is -2.14. The maximum absolute atomic E-state index is 12.8. The van der Waals surface area contributed by atoms with E-state index in [1.807, 2.05) is 0 Å². The minimum absolute atomic E-state index is 0.0225. The highest BCUT2D eigenvalue weighted by Gasteiger charge is 2.33. The van der Waals surface area contributed by atoms with Crippen molar-refractivity contribution in [1.29, 1.82) is 0 Å². The second-order valence-corrected chi connectivity index (χ2v) is 5.14. The lowest BCUT2D eigenvalue weighted by atomic mass is 10.1. The summed E-state index contributed by atoms with van der Waals surface area (Å²) in [5, 5.41) is 5.43. The molecule has 7 heteroatoms. The highest BCUT2D eigenvalue weighted by Crippen LogP contribution is 2.36. The number of rotatable bonds is 5. The molecule has 0 radical (unpaired) electrons. The normalized spacial score (nSPS) is 15.0. The van der Waals surface area contributed by atoms with Crippen LogP contribution in [0.25, 0.3) is 0 Å². The van der Waals surface area contributed by atoms with E-state index in [0.29, 0.717) is 0 Å². The standard InChI is InChI=1S/C13H14ClF3N2O/c14-8-1-4-11(10(7-8)13(15,16)17)18-6-5-12(20)19-9-2-3-9/h1,4,7,9,18H,2-3,5-6H2,(H,19,20). The van der Waals surface area contributed by atoms with Gasteiger partial charge in [-0.05, 0) is 31.0 Å². The average Bonchev–Trinajstić information content (AvgIpc) is 3.13. The lowest BCUT2D eigenvalue weighted by Crippen LogP contribution is -2.27. The summed E-state index contributed by atoms with van der Waals surface area (Å²) in [6.07, 6.45) is -2.39. The van der Waals surface area contributed by atoms with Crippen molar-refractivity contribution in [1.82, 2.24) is 5.32 Å². The van der Waals surface area contributed by atoms with Gasteiger partial charge in [0.25, 0.3) is 0 Å². The molecule has 0 bridgehead atoms. The fraction of sp³-hybridized carbons (Fsp3) is 0.462. The maximum atomic E-state index is 12.8. The van der Waals surface area contributed by atoms with Gasteiger partial charge < -0.3 is 10.6 Å². The van der Waals surface area contributed by atoms with Crippen molar-refractivity contribution < 1.29 is 18.0 Å². The van der Waals surface area contributed by atoms with Crippen molar-refractivity contribution in [3.8, 4) is 0 Å². The van der Waals surface area contributed by atoms with E-state index in [1.54, 1.807) is 0 Å². The molecule has 0 aromatic heterocycles. The SMILES string of the molecule is O=C(CCNc1ccc(Cl)cc1C(F)(F)F)NC1CC1. The van der Waals surface area contributed by atoms with Crippen molar-refractivity contribution in [2.45, 2.75) is 31.5 Å². The average molecular weight is 307 g/mol. The summed E-state index contributed by atoms with van der Waals surface area (Å²) in [7, 11) is 0. The van der Waals surface area contributed by atoms with Gasteiger partial charge in [0.15, 0.2) is 0 Å². The van der Waals surface area contributed by atoms with Gasteiger partial charge in [0.2, 0.25) is 5.91 Å². The van der Waals surface area contributed by atoms with Crippen LogP contribution < -0.4 is 10.6 Å². The zero-order chi connectivity index (χ0) is 14.8. The molecule has 1 aliphatic carbocycles. The molecule has 0 spiro atoms. The molecule has 2 N–H and O–H groups in total. The highest BCUT2D eigenvalue weighted by molar-refractivity contribution is 6.30. The molecular formula is C13H14ClF3N2O. The number of hydrogen-bond donors (Lipinski definition) is 2. The summed E-state index contributed by atoms with van der Waals surface area (Å²) in [6.45, 7) is 0.142. The first-order chi connectivity index (χ1) is 9.36. The third-order valence-electron chi connectivity index (χ3n) is 2.90. The van der Waals surface area contributed by atoms with Gasteiger partial charge in [-0.3, -0.25) is 4.79 Å². The Hall–Kier alpha value is -1.43. The van der Waals surface area contributed by atoms with E-state index in [1.165, 1.54) is 12.1 Å². The van der Waals surface area contributed by atoms with Gasteiger partial charge in [0, 0.05) is 29.7 Å². The van der Waals surface area contributed by atoms with Crippen LogP contribution in [0.15, 0.2) is 18.2 Å². The van der Waals surface area contributed by atoms with Gasteiger partial charge in [-0.1, -0.05) is 11.6 Å². The van der Waals surface area contributed by atoms with Gasteiger partial charge in [0.1, 0.15) is 0 Å². The fourth-order valence-electron chi connectivity index (χ4n) is 1.74. The van der Waals surface area contributed by atoms with Crippen LogP contribution in [0.3, 0.4) is 0 Å². The van der Waals surface area contributed by atoms with Crippen LogP contribution >= 0.6 is 11.6 Å². The topological polar surface area (TPSA) is 41.1 Å². The number of nitrogens with one attached hydrogen (secondary N) is 2. The molecule has 0 heterocycles. The Morgan fingerprint density at radius 2 is 2.05 bits per heavy atom. The van der Waals surface area contributed by atoms with Crippen LogP contribution in [0, 0.1) is 0 Å². The predicted molar refractivity (Wildman–Crippen MR) is 70.7 cm³/mol. The minimum atomic E-state index is -4.48. The summed E-state index contributed by atoms with van der Waals surface area (Å²) < 4.78 is 38.4. The van der Waals surface area contributed by atoms with E-state index in [0.717, 1.165) is 18.9 Å². The number of anilines is 1. The molecule has 0 unspecified atom stereocenters. The van der Waals surface area contributed by atoms with Crippen molar-refractivity contribution >= 4 is 23.2 Å². The van der Waals surface area contributed by atoms with Crippen LogP contribution in [-0.2, 0) is 11.0 Å². The third-order valence-corrected chi connectivity index (χ3v) is 3.13. The first kappa shape index (κ1) is 15.0. The van der Waals surface area contributed by atoms with Crippen molar-refractivity contribution in [2.75, 3.05) is 11.9 Å². The molecule has 1 aliphatic rings. The molecule has 3 nitrogen and oxygen atoms in total. The van der Waals surface area contributed by atoms with E-state index < -0.39 is 11.7 Å². The maximum Gasteiger partial charge on any atom is 0.418 e. The number of alkyl halides is 3. The minimum Gasteiger partial charge on any atom is -0.384 e. The third kappa shape index (κ3) is 4.30. The molecule has 1 saturated carbocycles. The first-order valence-electron chi connectivity index (χ1n) is 6.26. The summed E-state index contributed by atoms with van der Waals surface area (Å²) in [4.78, 5) is 11.4. The number of amides is 1. The molecule has 0 atom stereocenters. The predicted octanol–water partition coefficient (Wildman–Crippen LogP) is 3.44. The Labute approximate surface area is 119 Å². The largest absolute Gasteiger partial charge is 0.418 e. The number of hydrogen-bond acceptors (Lipinski definition) is 2. The number of carbonyl (C=O) groups is 1. The summed E-state index contributed by atoms with van der Waals surface area (Å²) in [5.41, 5.74) is -0.895. The van der Waals surface area contributed by atoms with Gasteiger partial charge in [-0.2, -0.15) is 13.2 Å². The Morgan fingerprint density at radius 1 is 1.35 bits per heavy atom. The second kappa shape index (κ2) is 5.91. The van der Waals surface area contributed by atoms with Crippen LogP contribution in [0.5, 0.6) is 0 Å². The van der Waals surface area contributed by atoms with Crippen molar-refractivity contribution in [3.05, 3.63) is 28.8 Å². The van der Waals surface area contributed by atoms with Crippen molar-refractivity contribution in [2.24, 2.45) is 0 Å². The van der Waals surface area contributed by atoms with Crippen LogP contribution in [0.1, 0.15) is 24.8 Å². The summed E-state index contributed by atoms with van der Waals surface area (Å²) in [5.74, 6) is -0.150. The molecule has 1 aromatic carbocycles. The van der Waals surface area contributed by atoms with Crippen molar-refractivity contribution in [3.63, 3.8) is 0 Å². The van der Waals surface area contributed by atoms with Crippen LogP contribution in [0.2, 0.25) is 5.02 Å². The Bertz CT molecular complexity index is 501. The molecule has 0 aliphatic heterocycles. The Kier molecular flexibility index (Phi) is 4.42. The van der Waals surface area contributed by atoms with E-state index in [2.05, 4.69) is 10.6 Å². The monoisotopic (exact) mass is 306 g/mol.